The number of hydrogen-bond donors (Lipinski definition) is 2. The molecular weight excluding hydrogens is 234 g/mol. The van der Waals surface area contributed by atoms with Crippen LogP contribution in [0.25, 0.3) is 0 Å². The van der Waals surface area contributed by atoms with Gasteiger partial charge in [0.1, 0.15) is 0 Å². The lowest BCUT2D eigenvalue weighted by molar-refractivity contribution is 0.0529. The summed E-state index contributed by atoms with van der Waals surface area (Å²) in [6.07, 6.45) is 12.2. The standard InChI is InChI=1S/C16H33N3/c1-3-16(2,19-12-8-9-13-19)15(18-17)14-10-6-4-5-7-11-14/h14-15,18H,3-13,17H2,1-2H3. The van der Waals surface area contributed by atoms with Crippen molar-refractivity contribution in [1.82, 2.24) is 10.3 Å². The highest BCUT2D eigenvalue weighted by atomic mass is 15.3. The predicted octanol–water partition coefficient (Wildman–Crippen LogP) is 3.05. The van der Waals surface area contributed by atoms with Crippen LogP contribution in [0.15, 0.2) is 0 Å². The van der Waals surface area contributed by atoms with Crippen LogP contribution in [0.1, 0.15) is 71.6 Å². The molecule has 2 fully saturated rings. The molecule has 0 aromatic rings. The van der Waals surface area contributed by atoms with Gasteiger partial charge in [-0.15, -0.1) is 0 Å². The average Bonchev–Trinajstić information content (AvgIpc) is 2.85. The van der Waals surface area contributed by atoms with Crippen LogP contribution in [0.4, 0.5) is 0 Å². The summed E-state index contributed by atoms with van der Waals surface area (Å²) < 4.78 is 0. The highest BCUT2D eigenvalue weighted by Crippen LogP contribution is 2.36. The Morgan fingerprint density at radius 3 is 2.16 bits per heavy atom. The number of nitrogens with one attached hydrogen (secondary N) is 1. The van der Waals surface area contributed by atoms with Crippen LogP contribution in [0.3, 0.4) is 0 Å². The number of likely N-dealkylation sites (tertiary alicyclic amines) is 1. The van der Waals surface area contributed by atoms with E-state index in [2.05, 4.69) is 24.2 Å². The van der Waals surface area contributed by atoms with Gasteiger partial charge in [-0.05, 0) is 58.0 Å². The zero-order valence-electron chi connectivity index (χ0n) is 13.0. The first-order valence-corrected chi connectivity index (χ1v) is 8.43. The summed E-state index contributed by atoms with van der Waals surface area (Å²) >= 11 is 0. The Bertz CT molecular complexity index is 255. The van der Waals surface area contributed by atoms with E-state index in [0.29, 0.717) is 6.04 Å². The van der Waals surface area contributed by atoms with E-state index in [1.54, 1.807) is 0 Å². The Balaban J connectivity index is 2.11. The number of rotatable bonds is 5. The Labute approximate surface area is 119 Å². The maximum Gasteiger partial charge on any atom is 0.0420 e. The topological polar surface area (TPSA) is 41.3 Å². The molecule has 0 aromatic heterocycles. The van der Waals surface area contributed by atoms with Gasteiger partial charge in [0.05, 0.1) is 0 Å². The summed E-state index contributed by atoms with van der Waals surface area (Å²) in [7, 11) is 0. The van der Waals surface area contributed by atoms with Gasteiger partial charge in [0.25, 0.3) is 0 Å². The molecule has 2 atom stereocenters. The van der Waals surface area contributed by atoms with Gasteiger partial charge < -0.3 is 0 Å². The third-order valence-corrected chi connectivity index (χ3v) is 5.77. The second-order valence-corrected chi connectivity index (χ2v) is 6.80. The number of hydrogen-bond acceptors (Lipinski definition) is 3. The Kier molecular flexibility index (Phi) is 5.67. The molecule has 1 saturated heterocycles. The highest BCUT2D eigenvalue weighted by Gasteiger charge is 2.42. The van der Waals surface area contributed by atoms with Crippen LogP contribution in [0, 0.1) is 5.92 Å². The number of hydrazine groups is 1. The van der Waals surface area contributed by atoms with Crippen molar-refractivity contribution >= 4 is 0 Å². The molecule has 0 spiro atoms. The first-order chi connectivity index (χ1) is 9.22. The minimum atomic E-state index is 0.236. The van der Waals surface area contributed by atoms with Crippen LogP contribution in [-0.4, -0.2) is 29.6 Å². The third-order valence-electron chi connectivity index (χ3n) is 5.77. The van der Waals surface area contributed by atoms with Gasteiger partial charge in [-0.1, -0.05) is 32.6 Å². The van der Waals surface area contributed by atoms with E-state index in [9.17, 15) is 0 Å². The normalized spacial score (nSPS) is 27.9. The maximum absolute atomic E-state index is 6.01. The molecule has 112 valence electrons. The van der Waals surface area contributed by atoms with Gasteiger partial charge in [-0.2, -0.15) is 0 Å². The molecule has 0 radical (unpaired) electrons. The van der Waals surface area contributed by atoms with Gasteiger partial charge in [0, 0.05) is 11.6 Å². The molecule has 2 unspecified atom stereocenters. The quantitative estimate of drug-likeness (QED) is 0.457. The molecule has 1 heterocycles. The van der Waals surface area contributed by atoms with E-state index in [0.717, 1.165) is 5.92 Å². The molecule has 3 N–H and O–H groups in total. The molecule has 1 saturated carbocycles. The van der Waals surface area contributed by atoms with Gasteiger partial charge in [-0.3, -0.25) is 16.2 Å². The zero-order chi connectivity index (χ0) is 13.7. The van der Waals surface area contributed by atoms with E-state index in [1.165, 1.54) is 70.9 Å². The molecular formula is C16H33N3. The lowest BCUT2D eigenvalue weighted by atomic mass is 9.77. The van der Waals surface area contributed by atoms with E-state index >= 15 is 0 Å². The van der Waals surface area contributed by atoms with Crippen LogP contribution < -0.4 is 11.3 Å². The van der Waals surface area contributed by atoms with Crippen molar-refractivity contribution in [2.75, 3.05) is 13.1 Å². The molecule has 0 bridgehead atoms. The molecule has 0 amide bonds. The second-order valence-electron chi connectivity index (χ2n) is 6.80. The maximum atomic E-state index is 6.01. The molecule has 0 aromatic carbocycles. The molecule has 3 heteroatoms. The van der Waals surface area contributed by atoms with E-state index < -0.39 is 0 Å². The monoisotopic (exact) mass is 267 g/mol. The van der Waals surface area contributed by atoms with Crippen LogP contribution in [-0.2, 0) is 0 Å². The highest BCUT2D eigenvalue weighted by molar-refractivity contribution is 5.00. The lowest BCUT2D eigenvalue weighted by Gasteiger charge is -2.47. The second kappa shape index (κ2) is 7.05. The van der Waals surface area contributed by atoms with Crippen molar-refractivity contribution in [3.63, 3.8) is 0 Å². The van der Waals surface area contributed by atoms with Gasteiger partial charge >= 0.3 is 0 Å². The molecule has 1 aliphatic carbocycles. The Hall–Kier alpha value is -0.120. The van der Waals surface area contributed by atoms with Crippen molar-refractivity contribution in [3.05, 3.63) is 0 Å². The summed E-state index contributed by atoms with van der Waals surface area (Å²) in [6, 6.07) is 0.452. The fourth-order valence-corrected chi connectivity index (χ4v) is 4.34. The molecule has 19 heavy (non-hydrogen) atoms. The molecule has 2 aliphatic rings. The minimum Gasteiger partial charge on any atom is -0.296 e. The summed E-state index contributed by atoms with van der Waals surface area (Å²) in [6.45, 7) is 7.29. The van der Waals surface area contributed by atoms with Crippen LogP contribution >= 0.6 is 0 Å². The van der Waals surface area contributed by atoms with Gasteiger partial charge in [-0.25, -0.2) is 0 Å². The molecule has 2 rings (SSSR count). The molecule has 1 aliphatic heterocycles. The number of nitrogens with two attached hydrogens (primary N) is 1. The smallest absolute Gasteiger partial charge is 0.0420 e. The van der Waals surface area contributed by atoms with Crippen molar-refractivity contribution in [3.8, 4) is 0 Å². The van der Waals surface area contributed by atoms with Crippen molar-refractivity contribution in [2.45, 2.75) is 83.2 Å². The summed E-state index contributed by atoms with van der Waals surface area (Å²) in [5, 5.41) is 0. The average molecular weight is 267 g/mol. The Morgan fingerprint density at radius 1 is 1.11 bits per heavy atom. The Morgan fingerprint density at radius 2 is 1.68 bits per heavy atom. The summed E-state index contributed by atoms with van der Waals surface area (Å²) in [5.74, 6) is 6.77. The van der Waals surface area contributed by atoms with Crippen LogP contribution in [0.2, 0.25) is 0 Å². The largest absolute Gasteiger partial charge is 0.296 e. The van der Waals surface area contributed by atoms with Crippen molar-refractivity contribution < 1.29 is 0 Å². The number of nitrogens with zero attached hydrogens (tertiary/aromatic N) is 1. The first kappa shape index (κ1) is 15.3. The van der Waals surface area contributed by atoms with E-state index in [1.807, 2.05) is 0 Å². The van der Waals surface area contributed by atoms with Crippen LogP contribution in [0.5, 0.6) is 0 Å². The third kappa shape index (κ3) is 3.32. The fourth-order valence-electron chi connectivity index (χ4n) is 4.34. The molecule has 3 nitrogen and oxygen atoms in total. The minimum absolute atomic E-state index is 0.236. The van der Waals surface area contributed by atoms with Gasteiger partial charge in [0.2, 0.25) is 0 Å². The summed E-state index contributed by atoms with van der Waals surface area (Å²) in [5.41, 5.74) is 3.46. The fraction of sp³-hybridized carbons (Fsp3) is 1.00. The predicted molar refractivity (Wildman–Crippen MR) is 81.8 cm³/mol. The van der Waals surface area contributed by atoms with Crippen molar-refractivity contribution in [2.24, 2.45) is 11.8 Å². The van der Waals surface area contributed by atoms with E-state index in [-0.39, 0.29) is 5.54 Å². The van der Waals surface area contributed by atoms with Gasteiger partial charge in [0.15, 0.2) is 0 Å². The SMILES string of the molecule is CCC(C)(C(NN)C1CCCCCC1)N1CCCC1. The first-order valence-electron chi connectivity index (χ1n) is 8.43. The summed E-state index contributed by atoms with van der Waals surface area (Å²) in [4.78, 5) is 2.70. The van der Waals surface area contributed by atoms with E-state index in [4.69, 9.17) is 5.84 Å². The zero-order valence-corrected chi connectivity index (χ0v) is 13.0. The van der Waals surface area contributed by atoms with Crippen molar-refractivity contribution in [1.29, 1.82) is 0 Å². The lowest BCUT2D eigenvalue weighted by Crippen LogP contribution is -2.62.